The molecule has 36 heavy (non-hydrogen) atoms. The van der Waals surface area contributed by atoms with Crippen LogP contribution < -0.4 is 19.6 Å². The molecule has 1 aromatic heterocycles. The fourth-order valence-electron chi connectivity index (χ4n) is 3.45. The van der Waals surface area contributed by atoms with Gasteiger partial charge >= 0.3 is 0 Å². The first-order chi connectivity index (χ1) is 17.6. The normalized spacial score (nSPS) is 10.9. The van der Waals surface area contributed by atoms with E-state index < -0.39 is 0 Å². The third kappa shape index (κ3) is 5.66. The SMILES string of the molecule is COc1cc(-c2nnc(SCC(=O)N/N=C\c3ccccc3)n2-c2ccccc2)cc(OC)c1OC. The summed E-state index contributed by atoms with van der Waals surface area (Å²) in [5.41, 5.74) is 5.00. The van der Waals surface area contributed by atoms with Gasteiger partial charge in [0.25, 0.3) is 5.91 Å². The molecule has 1 N–H and O–H groups in total. The summed E-state index contributed by atoms with van der Waals surface area (Å²) in [6.07, 6.45) is 1.59. The summed E-state index contributed by atoms with van der Waals surface area (Å²) < 4.78 is 18.3. The molecule has 4 rings (SSSR count). The van der Waals surface area contributed by atoms with Crippen molar-refractivity contribution in [3.05, 3.63) is 78.4 Å². The molecule has 0 saturated heterocycles. The molecule has 0 aliphatic rings. The van der Waals surface area contributed by atoms with E-state index in [1.165, 1.54) is 11.8 Å². The van der Waals surface area contributed by atoms with E-state index in [9.17, 15) is 4.79 Å². The Hall–Kier alpha value is -4.31. The van der Waals surface area contributed by atoms with Crippen molar-refractivity contribution >= 4 is 23.9 Å². The number of benzene rings is 3. The number of nitrogens with one attached hydrogen (secondary N) is 1. The smallest absolute Gasteiger partial charge is 0.250 e. The first-order valence-electron chi connectivity index (χ1n) is 11.0. The summed E-state index contributed by atoms with van der Waals surface area (Å²) in [5.74, 6) is 1.89. The predicted molar refractivity (Wildman–Crippen MR) is 139 cm³/mol. The Morgan fingerprint density at radius 2 is 1.58 bits per heavy atom. The van der Waals surface area contributed by atoms with Crippen LogP contribution in [0, 0.1) is 0 Å². The fourth-order valence-corrected chi connectivity index (χ4v) is 4.19. The fraction of sp³-hybridized carbons (Fsp3) is 0.154. The summed E-state index contributed by atoms with van der Waals surface area (Å²) in [4.78, 5) is 12.4. The van der Waals surface area contributed by atoms with Crippen LogP contribution in [0.1, 0.15) is 5.56 Å². The van der Waals surface area contributed by atoms with Gasteiger partial charge in [-0.05, 0) is 29.8 Å². The number of carbonyl (C=O) groups excluding carboxylic acids is 1. The number of hydrogen-bond acceptors (Lipinski definition) is 8. The van der Waals surface area contributed by atoms with E-state index in [1.54, 1.807) is 27.5 Å². The summed E-state index contributed by atoms with van der Waals surface area (Å²) >= 11 is 1.26. The van der Waals surface area contributed by atoms with Crippen molar-refractivity contribution in [1.82, 2.24) is 20.2 Å². The maximum absolute atomic E-state index is 12.4. The standard InChI is InChI=1S/C26H25N5O4S/c1-33-21-14-19(15-22(34-2)24(21)35-3)25-29-30-26(31(25)20-12-8-5-9-13-20)36-17-23(32)28-27-16-18-10-6-4-7-11-18/h4-16H,17H2,1-3H3,(H,28,32)/b27-16-. The van der Waals surface area contributed by atoms with E-state index >= 15 is 0 Å². The van der Waals surface area contributed by atoms with Crippen molar-refractivity contribution in [2.75, 3.05) is 27.1 Å². The highest BCUT2D eigenvalue weighted by Gasteiger charge is 2.21. The van der Waals surface area contributed by atoms with Crippen LogP contribution in [-0.4, -0.2) is 54.0 Å². The van der Waals surface area contributed by atoms with Crippen molar-refractivity contribution in [1.29, 1.82) is 0 Å². The highest BCUT2D eigenvalue weighted by atomic mass is 32.2. The molecule has 1 amide bonds. The number of ether oxygens (including phenoxy) is 3. The molecule has 9 nitrogen and oxygen atoms in total. The molecule has 0 atom stereocenters. The van der Waals surface area contributed by atoms with E-state index in [0.717, 1.165) is 11.3 Å². The van der Waals surface area contributed by atoms with E-state index in [1.807, 2.05) is 77.4 Å². The molecular weight excluding hydrogens is 478 g/mol. The quantitative estimate of drug-likeness (QED) is 0.197. The second-order valence-corrected chi connectivity index (χ2v) is 8.33. The molecular formula is C26H25N5O4S. The van der Waals surface area contributed by atoms with Crippen molar-refractivity contribution in [3.63, 3.8) is 0 Å². The molecule has 0 radical (unpaired) electrons. The van der Waals surface area contributed by atoms with Crippen molar-refractivity contribution in [3.8, 4) is 34.3 Å². The second kappa shape index (κ2) is 11.9. The number of para-hydroxylation sites is 1. The van der Waals surface area contributed by atoms with Crippen molar-refractivity contribution in [2.24, 2.45) is 5.10 Å². The second-order valence-electron chi connectivity index (χ2n) is 7.38. The zero-order chi connectivity index (χ0) is 25.3. The lowest BCUT2D eigenvalue weighted by Gasteiger charge is -2.15. The van der Waals surface area contributed by atoms with Crippen LogP contribution in [0.2, 0.25) is 0 Å². The van der Waals surface area contributed by atoms with Gasteiger partial charge in [-0.2, -0.15) is 5.10 Å². The first kappa shape index (κ1) is 24.8. The number of hydrazone groups is 1. The molecule has 4 aromatic rings. The van der Waals surface area contributed by atoms with Crippen LogP contribution >= 0.6 is 11.8 Å². The molecule has 0 aliphatic carbocycles. The van der Waals surface area contributed by atoms with Crippen LogP contribution in [0.4, 0.5) is 0 Å². The van der Waals surface area contributed by atoms with Crippen LogP contribution in [0.15, 0.2) is 83.1 Å². The van der Waals surface area contributed by atoms with Gasteiger partial charge in [-0.3, -0.25) is 9.36 Å². The van der Waals surface area contributed by atoms with Gasteiger partial charge in [0.15, 0.2) is 22.5 Å². The summed E-state index contributed by atoms with van der Waals surface area (Å²) in [6.45, 7) is 0. The largest absolute Gasteiger partial charge is 0.493 e. The van der Waals surface area contributed by atoms with Gasteiger partial charge in [-0.25, -0.2) is 5.43 Å². The number of carbonyl (C=O) groups is 1. The van der Waals surface area contributed by atoms with E-state index in [-0.39, 0.29) is 11.7 Å². The Labute approximate surface area is 213 Å². The number of hydrogen-bond donors (Lipinski definition) is 1. The number of methoxy groups -OCH3 is 3. The minimum Gasteiger partial charge on any atom is -0.493 e. The number of nitrogens with zero attached hydrogens (tertiary/aromatic N) is 4. The highest BCUT2D eigenvalue weighted by molar-refractivity contribution is 7.99. The summed E-state index contributed by atoms with van der Waals surface area (Å²) in [7, 11) is 4.67. The highest BCUT2D eigenvalue weighted by Crippen LogP contribution is 2.41. The molecule has 0 saturated carbocycles. The van der Waals surface area contributed by atoms with Gasteiger partial charge in [-0.1, -0.05) is 60.3 Å². The molecule has 3 aromatic carbocycles. The maximum Gasteiger partial charge on any atom is 0.250 e. The zero-order valence-electron chi connectivity index (χ0n) is 20.0. The van der Waals surface area contributed by atoms with Crippen LogP contribution in [0.3, 0.4) is 0 Å². The Morgan fingerprint density at radius 3 is 2.19 bits per heavy atom. The van der Waals surface area contributed by atoms with Gasteiger partial charge in [0.1, 0.15) is 0 Å². The van der Waals surface area contributed by atoms with Gasteiger partial charge < -0.3 is 14.2 Å². The van der Waals surface area contributed by atoms with Crippen LogP contribution in [0.5, 0.6) is 17.2 Å². The number of amides is 1. The third-order valence-corrected chi connectivity index (χ3v) is 6.03. The molecule has 10 heteroatoms. The Bertz CT molecular complexity index is 1320. The van der Waals surface area contributed by atoms with Crippen molar-refractivity contribution in [2.45, 2.75) is 5.16 Å². The Balaban J connectivity index is 1.61. The average Bonchev–Trinajstić information content (AvgIpc) is 3.36. The zero-order valence-corrected chi connectivity index (χ0v) is 20.9. The maximum atomic E-state index is 12.4. The molecule has 0 spiro atoms. The van der Waals surface area contributed by atoms with Gasteiger partial charge in [-0.15, -0.1) is 10.2 Å². The van der Waals surface area contributed by atoms with E-state index in [2.05, 4.69) is 20.7 Å². The summed E-state index contributed by atoms with van der Waals surface area (Å²) in [5, 5.41) is 13.4. The molecule has 0 aliphatic heterocycles. The number of thioether (sulfide) groups is 1. The minimum atomic E-state index is -0.260. The van der Waals surface area contributed by atoms with Crippen LogP contribution in [0.25, 0.3) is 17.1 Å². The number of aromatic nitrogens is 3. The Morgan fingerprint density at radius 1 is 0.944 bits per heavy atom. The van der Waals surface area contributed by atoms with Crippen LogP contribution in [-0.2, 0) is 4.79 Å². The lowest BCUT2D eigenvalue weighted by atomic mass is 10.1. The molecule has 0 bridgehead atoms. The van der Waals surface area contributed by atoms with Gasteiger partial charge in [0.05, 0.1) is 33.3 Å². The predicted octanol–water partition coefficient (Wildman–Crippen LogP) is 4.20. The van der Waals surface area contributed by atoms with Gasteiger partial charge in [0, 0.05) is 11.3 Å². The lowest BCUT2D eigenvalue weighted by Crippen LogP contribution is -2.20. The first-order valence-corrected chi connectivity index (χ1v) is 11.9. The molecule has 1 heterocycles. The molecule has 0 fully saturated rings. The lowest BCUT2D eigenvalue weighted by molar-refractivity contribution is -0.118. The van der Waals surface area contributed by atoms with E-state index in [0.29, 0.717) is 33.8 Å². The molecule has 184 valence electrons. The average molecular weight is 504 g/mol. The molecule has 0 unspecified atom stereocenters. The topological polar surface area (TPSA) is 99.9 Å². The minimum absolute atomic E-state index is 0.104. The van der Waals surface area contributed by atoms with Crippen molar-refractivity contribution < 1.29 is 19.0 Å². The summed E-state index contributed by atoms with van der Waals surface area (Å²) in [6, 6.07) is 22.8. The van der Waals surface area contributed by atoms with E-state index in [4.69, 9.17) is 14.2 Å². The Kier molecular flexibility index (Phi) is 8.20. The third-order valence-electron chi connectivity index (χ3n) is 5.11. The van der Waals surface area contributed by atoms with Gasteiger partial charge in [0.2, 0.25) is 5.75 Å². The monoisotopic (exact) mass is 503 g/mol. The number of rotatable bonds is 10.